The lowest BCUT2D eigenvalue weighted by Gasteiger charge is -2.03. The average Bonchev–Trinajstić information content (AvgIpc) is 2.28. The first kappa shape index (κ1) is 10.7. The van der Waals surface area contributed by atoms with Gasteiger partial charge < -0.3 is 0 Å². The molecule has 78 valence electrons. The SMILES string of the molecule is Cc1cncc(-c2cc(Cl)cc(C#N)c2)c1. The zero-order valence-electron chi connectivity index (χ0n) is 8.74. The summed E-state index contributed by atoms with van der Waals surface area (Å²) >= 11 is 5.95. The van der Waals surface area contributed by atoms with Crippen molar-refractivity contribution in [1.29, 1.82) is 5.26 Å². The molecule has 16 heavy (non-hydrogen) atoms. The third-order valence-corrected chi connectivity index (χ3v) is 2.45. The molecule has 0 saturated heterocycles. The van der Waals surface area contributed by atoms with Gasteiger partial charge in [-0.1, -0.05) is 11.6 Å². The molecule has 0 spiro atoms. The highest BCUT2D eigenvalue weighted by Gasteiger charge is 2.02. The van der Waals surface area contributed by atoms with E-state index in [1.807, 2.05) is 25.1 Å². The molecule has 0 fully saturated rings. The fourth-order valence-corrected chi connectivity index (χ4v) is 1.77. The van der Waals surface area contributed by atoms with E-state index in [-0.39, 0.29) is 0 Å². The van der Waals surface area contributed by atoms with Crippen LogP contribution in [0.25, 0.3) is 11.1 Å². The smallest absolute Gasteiger partial charge is 0.0992 e. The summed E-state index contributed by atoms with van der Waals surface area (Å²) in [6.45, 7) is 1.98. The van der Waals surface area contributed by atoms with Crippen LogP contribution in [-0.2, 0) is 0 Å². The van der Waals surface area contributed by atoms with Crippen LogP contribution in [-0.4, -0.2) is 4.98 Å². The topological polar surface area (TPSA) is 36.7 Å². The maximum Gasteiger partial charge on any atom is 0.0992 e. The lowest BCUT2D eigenvalue weighted by Crippen LogP contribution is -1.84. The molecule has 2 aromatic rings. The van der Waals surface area contributed by atoms with Gasteiger partial charge in [-0.2, -0.15) is 5.26 Å². The van der Waals surface area contributed by atoms with Crippen LogP contribution < -0.4 is 0 Å². The predicted molar refractivity (Wildman–Crippen MR) is 64.1 cm³/mol. The van der Waals surface area contributed by atoms with E-state index in [0.29, 0.717) is 10.6 Å². The molecule has 0 N–H and O–H groups in total. The second kappa shape index (κ2) is 4.34. The molecule has 0 aliphatic carbocycles. The largest absolute Gasteiger partial charge is 0.264 e. The molecule has 0 amide bonds. The fourth-order valence-electron chi connectivity index (χ4n) is 1.53. The summed E-state index contributed by atoms with van der Waals surface area (Å²) in [6, 6.07) is 9.39. The van der Waals surface area contributed by atoms with Gasteiger partial charge in [0.15, 0.2) is 0 Å². The van der Waals surface area contributed by atoms with Gasteiger partial charge in [0.25, 0.3) is 0 Å². The van der Waals surface area contributed by atoms with Crippen molar-refractivity contribution in [2.45, 2.75) is 6.92 Å². The van der Waals surface area contributed by atoms with E-state index in [9.17, 15) is 0 Å². The average molecular weight is 229 g/mol. The van der Waals surface area contributed by atoms with Crippen LogP contribution in [0.2, 0.25) is 5.02 Å². The first-order valence-electron chi connectivity index (χ1n) is 4.82. The minimum absolute atomic E-state index is 0.559. The number of nitrogens with zero attached hydrogens (tertiary/aromatic N) is 2. The minimum Gasteiger partial charge on any atom is -0.264 e. The molecule has 1 aromatic heterocycles. The highest BCUT2D eigenvalue weighted by molar-refractivity contribution is 6.31. The normalized spacial score (nSPS) is 9.81. The molecule has 0 bridgehead atoms. The number of rotatable bonds is 1. The highest BCUT2D eigenvalue weighted by atomic mass is 35.5. The molecular weight excluding hydrogens is 220 g/mol. The molecule has 0 unspecified atom stereocenters. The molecule has 0 aliphatic heterocycles. The van der Waals surface area contributed by atoms with Gasteiger partial charge in [-0.15, -0.1) is 0 Å². The van der Waals surface area contributed by atoms with Crippen molar-refractivity contribution >= 4 is 11.6 Å². The Balaban J connectivity index is 2.56. The van der Waals surface area contributed by atoms with Gasteiger partial charge in [-0.25, -0.2) is 0 Å². The Hall–Kier alpha value is -1.85. The molecule has 1 heterocycles. The van der Waals surface area contributed by atoms with E-state index >= 15 is 0 Å². The van der Waals surface area contributed by atoms with Crippen molar-refractivity contribution < 1.29 is 0 Å². The van der Waals surface area contributed by atoms with Crippen LogP contribution in [0.5, 0.6) is 0 Å². The van der Waals surface area contributed by atoms with Crippen molar-refractivity contribution in [2.75, 3.05) is 0 Å². The summed E-state index contributed by atoms with van der Waals surface area (Å²) in [4.78, 5) is 4.12. The molecular formula is C13H9ClN2. The number of benzene rings is 1. The van der Waals surface area contributed by atoms with Gasteiger partial charge in [0, 0.05) is 23.0 Å². The number of hydrogen-bond donors (Lipinski definition) is 0. The fraction of sp³-hybridized carbons (Fsp3) is 0.0769. The summed E-state index contributed by atoms with van der Waals surface area (Å²) in [7, 11) is 0. The zero-order valence-corrected chi connectivity index (χ0v) is 9.49. The number of nitriles is 1. The van der Waals surface area contributed by atoms with Crippen LogP contribution in [0.1, 0.15) is 11.1 Å². The van der Waals surface area contributed by atoms with Gasteiger partial charge in [0.1, 0.15) is 0 Å². The minimum atomic E-state index is 0.559. The number of hydrogen-bond acceptors (Lipinski definition) is 2. The predicted octanol–water partition coefficient (Wildman–Crippen LogP) is 3.58. The maximum absolute atomic E-state index is 8.86. The summed E-state index contributed by atoms with van der Waals surface area (Å²) in [5.41, 5.74) is 3.53. The Morgan fingerprint density at radius 3 is 2.62 bits per heavy atom. The molecule has 3 heteroatoms. The maximum atomic E-state index is 8.86. The van der Waals surface area contributed by atoms with Crippen molar-refractivity contribution in [3.8, 4) is 17.2 Å². The molecule has 0 radical (unpaired) electrons. The number of aromatic nitrogens is 1. The summed E-state index contributed by atoms with van der Waals surface area (Å²) in [5.74, 6) is 0. The van der Waals surface area contributed by atoms with Gasteiger partial charge >= 0.3 is 0 Å². The van der Waals surface area contributed by atoms with E-state index in [4.69, 9.17) is 16.9 Å². The van der Waals surface area contributed by atoms with Crippen molar-refractivity contribution in [3.05, 3.63) is 52.8 Å². The summed E-state index contributed by atoms with van der Waals surface area (Å²) in [5, 5.41) is 9.43. The number of aryl methyl sites for hydroxylation is 1. The molecule has 1 aromatic carbocycles. The number of halogens is 1. The Labute approximate surface area is 99.1 Å². The van der Waals surface area contributed by atoms with Gasteiger partial charge in [0.2, 0.25) is 0 Å². The third-order valence-electron chi connectivity index (χ3n) is 2.24. The monoisotopic (exact) mass is 228 g/mol. The van der Waals surface area contributed by atoms with E-state index in [0.717, 1.165) is 16.7 Å². The van der Waals surface area contributed by atoms with Crippen LogP contribution in [0.3, 0.4) is 0 Å². The first-order chi connectivity index (χ1) is 7.69. The molecule has 0 atom stereocenters. The van der Waals surface area contributed by atoms with Gasteiger partial charge in [0.05, 0.1) is 11.6 Å². The third kappa shape index (κ3) is 2.21. The van der Waals surface area contributed by atoms with E-state index in [2.05, 4.69) is 11.1 Å². The first-order valence-corrected chi connectivity index (χ1v) is 5.19. The van der Waals surface area contributed by atoms with Crippen LogP contribution in [0.15, 0.2) is 36.7 Å². The lowest BCUT2D eigenvalue weighted by molar-refractivity contribution is 1.27. The van der Waals surface area contributed by atoms with E-state index in [1.165, 1.54) is 0 Å². The Bertz CT molecular complexity index is 570. The van der Waals surface area contributed by atoms with Crippen LogP contribution in [0, 0.1) is 18.3 Å². The summed E-state index contributed by atoms with van der Waals surface area (Å²) in [6.07, 6.45) is 3.55. The Morgan fingerprint density at radius 2 is 1.94 bits per heavy atom. The zero-order chi connectivity index (χ0) is 11.5. The van der Waals surface area contributed by atoms with E-state index in [1.54, 1.807) is 18.5 Å². The summed E-state index contributed by atoms with van der Waals surface area (Å²) < 4.78 is 0. The second-order valence-electron chi connectivity index (χ2n) is 3.59. The second-order valence-corrected chi connectivity index (χ2v) is 4.03. The standard InChI is InChI=1S/C13H9ClN2/c1-9-2-12(8-16-7-9)11-3-10(6-15)4-13(14)5-11/h2-5,7-8H,1H3. The quantitative estimate of drug-likeness (QED) is 0.748. The molecule has 0 aliphatic rings. The van der Waals surface area contributed by atoms with Crippen molar-refractivity contribution in [1.82, 2.24) is 4.98 Å². The van der Waals surface area contributed by atoms with Gasteiger partial charge in [-0.05, 0) is 42.3 Å². The van der Waals surface area contributed by atoms with Crippen molar-refractivity contribution in [3.63, 3.8) is 0 Å². The molecule has 2 rings (SSSR count). The van der Waals surface area contributed by atoms with Crippen LogP contribution >= 0.6 is 11.6 Å². The van der Waals surface area contributed by atoms with Crippen molar-refractivity contribution in [2.24, 2.45) is 0 Å². The highest BCUT2D eigenvalue weighted by Crippen LogP contribution is 2.24. The lowest BCUT2D eigenvalue weighted by atomic mass is 10.0. The van der Waals surface area contributed by atoms with Gasteiger partial charge in [-0.3, -0.25) is 4.98 Å². The molecule has 2 nitrogen and oxygen atoms in total. The van der Waals surface area contributed by atoms with E-state index < -0.39 is 0 Å². The number of pyridine rings is 1. The van der Waals surface area contributed by atoms with Crippen LogP contribution in [0.4, 0.5) is 0 Å². The Kier molecular flexibility index (Phi) is 2.89. The Morgan fingerprint density at radius 1 is 1.12 bits per heavy atom. The molecule has 0 saturated carbocycles.